The van der Waals surface area contributed by atoms with Crippen molar-refractivity contribution >= 4 is 20.0 Å². The summed E-state index contributed by atoms with van der Waals surface area (Å²) in [4.78, 5) is 0.145. The molecule has 0 radical (unpaired) electrons. The zero-order valence-electron chi connectivity index (χ0n) is 17.5. The second-order valence-electron chi connectivity index (χ2n) is 8.09. The fourth-order valence-electron chi connectivity index (χ4n) is 4.27. The van der Waals surface area contributed by atoms with Crippen LogP contribution in [0.2, 0.25) is 0 Å². The third kappa shape index (κ3) is 4.70. The van der Waals surface area contributed by atoms with Gasteiger partial charge in [-0.05, 0) is 61.6 Å². The quantitative estimate of drug-likeness (QED) is 0.710. The summed E-state index contributed by atoms with van der Waals surface area (Å²) in [5.41, 5.74) is 2.16. The molecule has 0 amide bonds. The first-order valence-corrected chi connectivity index (χ1v) is 13.5. The van der Waals surface area contributed by atoms with Crippen LogP contribution >= 0.6 is 0 Å². The minimum absolute atomic E-state index is 0.0298. The van der Waals surface area contributed by atoms with Crippen molar-refractivity contribution in [2.75, 3.05) is 19.7 Å². The molecule has 168 valence electrons. The zero-order valence-corrected chi connectivity index (χ0v) is 19.2. The highest BCUT2D eigenvalue weighted by molar-refractivity contribution is 7.89. The number of hydrogen-bond donors (Lipinski definition) is 1. The predicted octanol–water partition coefficient (Wildman–Crippen LogP) is 2.84. The van der Waals surface area contributed by atoms with E-state index in [4.69, 9.17) is 4.74 Å². The van der Waals surface area contributed by atoms with Gasteiger partial charge in [-0.3, -0.25) is 0 Å². The van der Waals surface area contributed by atoms with Gasteiger partial charge in [-0.15, -0.1) is 0 Å². The number of nitrogens with zero attached hydrogens (tertiary/aromatic N) is 1. The van der Waals surface area contributed by atoms with Gasteiger partial charge in [-0.2, -0.15) is 4.31 Å². The Morgan fingerprint density at radius 2 is 1.71 bits per heavy atom. The molecule has 0 spiro atoms. The van der Waals surface area contributed by atoms with E-state index in [-0.39, 0.29) is 28.5 Å². The molecule has 7 nitrogen and oxygen atoms in total. The fraction of sp³-hybridized carbons (Fsp3) is 0.455. The van der Waals surface area contributed by atoms with Gasteiger partial charge in [0.25, 0.3) is 0 Å². The highest BCUT2D eigenvalue weighted by Crippen LogP contribution is 2.28. The smallest absolute Gasteiger partial charge is 0.243 e. The number of fused-ring (bicyclic) bond motifs is 1. The van der Waals surface area contributed by atoms with Crippen molar-refractivity contribution in [2.24, 2.45) is 0 Å². The number of rotatable bonds is 6. The molecule has 0 saturated carbocycles. The van der Waals surface area contributed by atoms with Gasteiger partial charge in [0.15, 0.2) is 0 Å². The van der Waals surface area contributed by atoms with E-state index in [9.17, 15) is 16.8 Å². The SMILES string of the molecule is CC1CCCCN1S(=O)(=O)c1ccc(S(=O)(=O)NCC2OCCc3ccccc32)cc1. The number of hydrogen-bond acceptors (Lipinski definition) is 5. The van der Waals surface area contributed by atoms with Crippen LogP contribution in [-0.4, -0.2) is 46.9 Å². The van der Waals surface area contributed by atoms with Crippen LogP contribution in [0.3, 0.4) is 0 Å². The van der Waals surface area contributed by atoms with Crippen molar-refractivity contribution in [2.45, 2.75) is 54.5 Å². The normalized spacial score (nSPS) is 22.7. The Hall–Kier alpha value is -1.78. The molecule has 2 atom stereocenters. The molecule has 2 aliphatic rings. The molecule has 2 aliphatic heterocycles. The Labute approximate surface area is 184 Å². The highest BCUT2D eigenvalue weighted by Gasteiger charge is 2.31. The molecule has 1 N–H and O–H groups in total. The summed E-state index contributed by atoms with van der Waals surface area (Å²) in [6.45, 7) is 3.06. The molecule has 9 heteroatoms. The Bertz CT molecular complexity index is 1130. The molecule has 0 aliphatic carbocycles. The van der Waals surface area contributed by atoms with Crippen LogP contribution in [-0.2, 0) is 31.2 Å². The average Bonchev–Trinajstić information content (AvgIpc) is 2.78. The number of sulfonamides is 2. The van der Waals surface area contributed by atoms with E-state index < -0.39 is 20.0 Å². The Morgan fingerprint density at radius 1 is 1.00 bits per heavy atom. The van der Waals surface area contributed by atoms with Crippen LogP contribution in [0.4, 0.5) is 0 Å². The number of ether oxygens (including phenoxy) is 1. The van der Waals surface area contributed by atoms with Gasteiger partial charge in [-0.1, -0.05) is 30.7 Å². The van der Waals surface area contributed by atoms with Crippen LogP contribution in [0.5, 0.6) is 0 Å². The molecule has 1 fully saturated rings. The number of benzene rings is 2. The van der Waals surface area contributed by atoms with E-state index in [0.717, 1.165) is 31.2 Å². The maximum absolute atomic E-state index is 13.0. The van der Waals surface area contributed by atoms with E-state index in [1.807, 2.05) is 31.2 Å². The topological polar surface area (TPSA) is 92.8 Å². The second-order valence-corrected chi connectivity index (χ2v) is 11.7. The van der Waals surface area contributed by atoms with E-state index in [1.165, 1.54) is 34.1 Å². The van der Waals surface area contributed by atoms with E-state index in [0.29, 0.717) is 13.2 Å². The molecule has 0 aromatic heterocycles. The molecule has 2 aromatic rings. The van der Waals surface area contributed by atoms with Crippen molar-refractivity contribution in [1.29, 1.82) is 0 Å². The highest BCUT2D eigenvalue weighted by atomic mass is 32.2. The summed E-state index contributed by atoms with van der Waals surface area (Å²) in [5, 5.41) is 0. The first kappa shape index (κ1) is 22.4. The van der Waals surface area contributed by atoms with Gasteiger partial charge in [0.1, 0.15) is 0 Å². The summed E-state index contributed by atoms with van der Waals surface area (Å²) in [6, 6.07) is 13.2. The van der Waals surface area contributed by atoms with Gasteiger partial charge in [0.2, 0.25) is 20.0 Å². The molecule has 2 aromatic carbocycles. The van der Waals surface area contributed by atoms with Crippen LogP contribution in [0.25, 0.3) is 0 Å². The van der Waals surface area contributed by atoms with Crippen molar-refractivity contribution in [3.63, 3.8) is 0 Å². The first-order valence-electron chi connectivity index (χ1n) is 10.6. The average molecular weight is 465 g/mol. The van der Waals surface area contributed by atoms with Crippen molar-refractivity contribution in [1.82, 2.24) is 9.03 Å². The molecule has 2 unspecified atom stereocenters. The number of piperidine rings is 1. The molecule has 1 saturated heterocycles. The second kappa shape index (κ2) is 8.99. The predicted molar refractivity (Wildman–Crippen MR) is 118 cm³/mol. The van der Waals surface area contributed by atoms with Crippen molar-refractivity contribution < 1.29 is 21.6 Å². The molecule has 31 heavy (non-hydrogen) atoms. The van der Waals surface area contributed by atoms with Crippen molar-refractivity contribution in [3.8, 4) is 0 Å². The summed E-state index contributed by atoms with van der Waals surface area (Å²) in [6.07, 6.45) is 3.16. The summed E-state index contributed by atoms with van der Waals surface area (Å²) >= 11 is 0. The monoisotopic (exact) mass is 464 g/mol. The lowest BCUT2D eigenvalue weighted by molar-refractivity contribution is 0.0460. The van der Waals surface area contributed by atoms with Crippen molar-refractivity contribution in [3.05, 3.63) is 59.7 Å². The maximum Gasteiger partial charge on any atom is 0.243 e. The van der Waals surface area contributed by atoms with Gasteiger partial charge >= 0.3 is 0 Å². The Balaban J connectivity index is 1.47. The zero-order chi connectivity index (χ0) is 22.1. The largest absolute Gasteiger partial charge is 0.372 e. The molecule has 4 rings (SSSR count). The van der Waals surface area contributed by atoms with Crippen LogP contribution in [0.1, 0.15) is 43.4 Å². The third-order valence-electron chi connectivity index (χ3n) is 6.03. The minimum atomic E-state index is -3.80. The third-order valence-corrected chi connectivity index (χ3v) is 9.50. The lowest BCUT2D eigenvalue weighted by Crippen LogP contribution is -2.41. The standard InChI is InChI=1S/C22H28N2O5S2/c1-17-6-4-5-14-24(17)31(27,28)20-11-9-19(10-12-20)30(25,26)23-16-22-21-8-3-2-7-18(21)13-15-29-22/h2-3,7-12,17,22-23H,4-6,13-16H2,1H3. The van der Waals surface area contributed by atoms with Crippen LogP contribution in [0.15, 0.2) is 58.3 Å². The number of nitrogens with one attached hydrogen (secondary N) is 1. The fourth-order valence-corrected chi connectivity index (χ4v) is 7.00. The van der Waals surface area contributed by atoms with Gasteiger partial charge < -0.3 is 4.74 Å². The molecule has 0 bridgehead atoms. The van der Waals surface area contributed by atoms with Gasteiger partial charge in [-0.25, -0.2) is 21.6 Å². The molecular formula is C22H28N2O5S2. The maximum atomic E-state index is 13.0. The van der Waals surface area contributed by atoms with Gasteiger partial charge in [0.05, 0.1) is 22.5 Å². The van der Waals surface area contributed by atoms with Crippen LogP contribution < -0.4 is 4.72 Å². The van der Waals surface area contributed by atoms with Gasteiger partial charge in [0, 0.05) is 19.1 Å². The molecular weight excluding hydrogens is 436 g/mol. The lowest BCUT2D eigenvalue weighted by Gasteiger charge is -2.32. The Kier molecular flexibility index (Phi) is 6.50. The van der Waals surface area contributed by atoms with Crippen LogP contribution in [0, 0.1) is 0 Å². The lowest BCUT2D eigenvalue weighted by atomic mass is 9.98. The minimum Gasteiger partial charge on any atom is -0.372 e. The first-order chi connectivity index (χ1) is 14.8. The molecule has 2 heterocycles. The summed E-state index contributed by atoms with van der Waals surface area (Å²) in [5.74, 6) is 0. The Morgan fingerprint density at radius 3 is 2.45 bits per heavy atom. The van der Waals surface area contributed by atoms with E-state index >= 15 is 0 Å². The summed E-state index contributed by atoms with van der Waals surface area (Å²) < 4.78 is 61.3. The summed E-state index contributed by atoms with van der Waals surface area (Å²) in [7, 11) is -7.44. The van der Waals surface area contributed by atoms with E-state index in [1.54, 1.807) is 0 Å². The van der Waals surface area contributed by atoms with E-state index in [2.05, 4.69) is 4.72 Å².